The lowest BCUT2D eigenvalue weighted by molar-refractivity contribution is -0.274. The van der Waals surface area contributed by atoms with Crippen LogP contribution in [0.1, 0.15) is 37.3 Å². The molecule has 1 heterocycles. The summed E-state index contributed by atoms with van der Waals surface area (Å²) >= 11 is 0. The van der Waals surface area contributed by atoms with Crippen LogP contribution in [0.3, 0.4) is 0 Å². The van der Waals surface area contributed by atoms with Crippen LogP contribution in [-0.4, -0.2) is 43.4 Å². The average molecular weight is 500 g/mol. The van der Waals surface area contributed by atoms with Gasteiger partial charge in [-0.05, 0) is 55.5 Å². The molecule has 2 aromatic carbocycles. The number of aliphatic hydroxyl groups is 1. The van der Waals surface area contributed by atoms with E-state index in [1.165, 1.54) is 22.6 Å². The lowest BCUT2D eigenvalue weighted by Crippen LogP contribution is -2.49. The first-order valence-corrected chi connectivity index (χ1v) is 11.4. The summed E-state index contributed by atoms with van der Waals surface area (Å²) in [5, 5.41) is 9.90. The molecule has 0 spiro atoms. The minimum Gasteiger partial charge on any atom is -0.406 e. The van der Waals surface area contributed by atoms with Gasteiger partial charge in [0.05, 0.1) is 24.0 Å². The number of rotatable bonds is 6. The van der Waals surface area contributed by atoms with Gasteiger partial charge in [0.25, 0.3) is 0 Å². The smallest absolute Gasteiger partial charge is 0.406 e. The van der Waals surface area contributed by atoms with Gasteiger partial charge in [0, 0.05) is 13.1 Å². The van der Waals surface area contributed by atoms with Crippen molar-refractivity contribution < 1.29 is 36.2 Å². The molecule has 0 aromatic heterocycles. The molecule has 0 bridgehead atoms. The zero-order chi connectivity index (χ0) is 25.2. The number of para-hydroxylation sites is 2. The van der Waals surface area contributed by atoms with E-state index in [0.717, 1.165) is 31.7 Å². The fourth-order valence-corrected chi connectivity index (χ4v) is 4.71. The molecule has 4 rings (SSSR count). The number of hydrogen-bond acceptors (Lipinski definition) is 4. The van der Waals surface area contributed by atoms with Crippen molar-refractivity contribution in [2.75, 3.05) is 29.4 Å². The van der Waals surface area contributed by atoms with Gasteiger partial charge in [-0.2, -0.15) is 13.2 Å². The van der Waals surface area contributed by atoms with Gasteiger partial charge >= 0.3 is 12.5 Å². The highest BCUT2D eigenvalue weighted by atomic mass is 19.4. The summed E-state index contributed by atoms with van der Waals surface area (Å²) in [6, 6.07) is 11.5. The van der Waals surface area contributed by atoms with Crippen LogP contribution < -0.4 is 14.5 Å². The molecule has 0 saturated carbocycles. The van der Waals surface area contributed by atoms with Crippen molar-refractivity contribution in [2.45, 2.75) is 50.4 Å². The highest BCUT2D eigenvalue weighted by molar-refractivity contribution is 5.75. The Labute approximate surface area is 199 Å². The zero-order valence-corrected chi connectivity index (χ0v) is 18.8. The number of anilines is 2. The van der Waals surface area contributed by atoms with Crippen LogP contribution in [0.4, 0.5) is 37.7 Å². The van der Waals surface area contributed by atoms with Gasteiger partial charge in [0.1, 0.15) is 5.75 Å². The van der Waals surface area contributed by atoms with Gasteiger partial charge in [-0.15, -0.1) is 13.2 Å². The van der Waals surface area contributed by atoms with E-state index in [2.05, 4.69) is 10.8 Å². The largest absolute Gasteiger partial charge is 0.573 e. The first-order chi connectivity index (χ1) is 16.5. The standard InChI is InChI=1S/C25H26F6N2O2/c26-24(27,28)23(34)16-33-21-12-5-4-11-20(21)32(14-17-7-2-1-3-8-17)15-22(33)18-9-6-10-19(13-18)35-25(29,30)31/h4-7,9-13,22-23,34H,1-3,8,14-16H2/t22-,23+/m0/s1. The summed E-state index contributed by atoms with van der Waals surface area (Å²) in [5.74, 6) is -0.452. The maximum Gasteiger partial charge on any atom is 0.573 e. The third kappa shape index (κ3) is 6.22. The van der Waals surface area contributed by atoms with Crippen molar-refractivity contribution in [2.24, 2.45) is 0 Å². The number of fused-ring (bicyclic) bond motifs is 1. The Morgan fingerprint density at radius 1 is 0.971 bits per heavy atom. The van der Waals surface area contributed by atoms with Crippen LogP contribution in [0.2, 0.25) is 0 Å². The Kier molecular flexibility index (Phi) is 7.21. The number of benzene rings is 2. The maximum absolute atomic E-state index is 13.3. The van der Waals surface area contributed by atoms with Crippen LogP contribution in [0.5, 0.6) is 5.75 Å². The Hall–Kier alpha value is -2.88. The monoisotopic (exact) mass is 500 g/mol. The first kappa shape index (κ1) is 25.2. The highest BCUT2D eigenvalue weighted by Gasteiger charge is 2.42. The number of halogens is 6. The third-order valence-electron chi connectivity index (χ3n) is 6.30. The third-order valence-corrected chi connectivity index (χ3v) is 6.30. The lowest BCUT2D eigenvalue weighted by Gasteiger charge is -2.46. The van der Waals surface area contributed by atoms with Crippen molar-refractivity contribution in [1.29, 1.82) is 0 Å². The summed E-state index contributed by atoms with van der Waals surface area (Å²) in [6.45, 7) is 0.0440. The molecule has 0 radical (unpaired) electrons. The quantitative estimate of drug-likeness (QED) is 0.369. The fraction of sp³-hybridized carbons (Fsp3) is 0.440. The number of nitrogens with zero attached hydrogens (tertiary/aromatic N) is 2. The van der Waals surface area contributed by atoms with Crippen LogP contribution in [0, 0.1) is 0 Å². The minimum absolute atomic E-state index is 0.231. The zero-order valence-electron chi connectivity index (χ0n) is 18.8. The molecule has 2 aliphatic rings. The van der Waals surface area contributed by atoms with Crippen molar-refractivity contribution >= 4 is 11.4 Å². The van der Waals surface area contributed by atoms with E-state index in [4.69, 9.17) is 0 Å². The second-order valence-electron chi connectivity index (χ2n) is 8.82. The molecule has 4 nitrogen and oxygen atoms in total. The SMILES string of the molecule is O[C@H](CN1c2ccccc2N(CC2=CCCCC2)C[C@H]1c1cccc(OC(F)(F)F)c1)C(F)(F)F. The van der Waals surface area contributed by atoms with Gasteiger partial charge in [-0.3, -0.25) is 0 Å². The Morgan fingerprint density at radius 3 is 2.37 bits per heavy atom. The van der Waals surface area contributed by atoms with E-state index < -0.39 is 37.0 Å². The van der Waals surface area contributed by atoms with Gasteiger partial charge in [-0.1, -0.05) is 35.9 Å². The molecule has 1 aliphatic carbocycles. The van der Waals surface area contributed by atoms with Gasteiger partial charge in [0.2, 0.25) is 0 Å². The normalized spacial score (nSPS) is 19.7. The molecule has 190 valence electrons. The molecule has 0 saturated heterocycles. The number of aliphatic hydroxyl groups excluding tert-OH is 1. The summed E-state index contributed by atoms with van der Waals surface area (Å²) in [4.78, 5) is 3.47. The van der Waals surface area contributed by atoms with Crippen molar-refractivity contribution in [3.05, 3.63) is 65.7 Å². The van der Waals surface area contributed by atoms with Gasteiger partial charge in [-0.25, -0.2) is 0 Å². The molecule has 35 heavy (non-hydrogen) atoms. The Morgan fingerprint density at radius 2 is 1.71 bits per heavy atom. The van der Waals surface area contributed by atoms with Gasteiger partial charge < -0.3 is 19.6 Å². The van der Waals surface area contributed by atoms with E-state index in [1.54, 1.807) is 24.3 Å². The molecule has 2 aromatic rings. The molecule has 10 heteroatoms. The second kappa shape index (κ2) is 10.0. The Balaban J connectivity index is 1.74. The molecular weight excluding hydrogens is 474 g/mol. The topological polar surface area (TPSA) is 35.9 Å². The second-order valence-corrected chi connectivity index (χ2v) is 8.82. The molecular formula is C25H26F6N2O2. The predicted molar refractivity (Wildman–Crippen MR) is 120 cm³/mol. The Bertz CT molecular complexity index is 1050. The summed E-state index contributed by atoms with van der Waals surface area (Å²) in [5.41, 5.74) is 2.78. The van der Waals surface area contributed by atoms with Crippen molar-refractivity contribution in [1.82, 2.24) is 0 Å². The highest BCUT2D eigenvalue weighted by Crippen LogP contribution is 2.43. The number of hydrogen-bond donors (Lipinski definition) is 1. The van der Waals surface area contributed by atoms with E-state index >= 15 is 0 Å². The van der Waals surface area contributed by atoms with Crippen LogP contribution in [-0.2, 0) is 0 Å². The minimum atomic E-state index is -4.90. The average Bonchev–Trinajstić information content (AvgIpc) is 2.79. The fourth-order valence-electron chi connectivity index (χ4n) is 4.71. The summed E-state index contributed by atoms with van der Waals surface area (Å²) in [6.07, 6.45) is -6.12. The van der Waals surface area contributed by atoms with E-state index in [0.29, 0.717) is 23.5 Å². The van der Waals surface area contributed by atoms with Gasteiger partial charge in [0.15, 0.2) is 6.10 Å². The maximum atomic E-state index is 13.3. The van der Waals surface area contributed by atoms with Crippen LogP contribution >= 0.6 is 0 Å². The first-order valence-electron chi connectivity index (χ1n) is 11.4. The van der Waals surface area contributed by atoms with Crippen LogP contribution in [0.15, 0.2) is 60.2 Å². The van der Waals surface area contributed by atoms with E-state index in [9.17, 15) is 31.4 Å². The number of alkyl halides is 6. The van der Waals surface area contributed by atoms with Crippen LogP contribution in [0.25, 0.3) is 0 Å². The molecule has 0 fully saturated rings. The lowest BCUT2D eigenvalue weighted by atomic mass is 9.95. The van der Waals surface area contributed by atoms with E-state index in [-0.39, 0.29) is 6.54 Å². The summed E-state index contributed by atoms with van der Waals surface area (Å²) in [7, 11) is 0. The summed E-state index contributed by atoms with van der Waals surface area (Å²) < 4.78 is 82.4. The number of allylic oxidation sites excluding steroid dienone is 1. The molecule has 1 N–H and O–H groups in total. The molecule has 1 aliphatic heterocycles. The molecule has 2 atom stereocenters. The number of β-amino-alcohol motifs (C(OH)–C–C–N with tert-alkyl or cyclic N) is 1. The number of ether oxygens (including phenoxy) is 1. The molecule has 0 unspecified atom stereocenters. The van der Waals surface area contributed by atoms with Crippen molar-refractivity contribution in [3.63, 3.8) is 0 Å². The molecule has 0 amide bonds. The van der Waals surface area contributed by atoms with E-state index in [1.807, 2.05) is 11.0 Å². The predicted octanol–water partition coefficient (Wildman–Crippen LogP) is 6.38. The van der Waals surface area contributed by atoms with Crippen molar-refractivity contribution in [3.8, 4) is 5.75 Å².